The molecule has 6 nitrogen and oxygen atoms in total. The fraction of sp³-hybridized carbons (Fsp3) is 0.500. The van der Waals surface area contributed by atoms with Gasteiger partial charge in [-0.15, -0.1) is 0 Å². The van der Waals surface area contributed by atoms with E-state index in [1.54, 1.807) is 18.3 Å². The topological polar surface area (TPSA) is 64.4 Å². The lowest BCUT2D eigenvalue weighted by Crippen LogP contribution is -2.37. The number of hydrogen-bond acceptors (Lipinski definition) is 5. The molecule has 2 aromatic rings. The van der Waals surface area contributed by atoms with Gasteiger partial charge in [-0.2, -0.15) is 0 Å². The first-order chi connectivity index (χ1) is 11.4. The Balaban J connectivity index is 2.45. The molecular weight excluding hydrogens is 306 g/mol. The number of esters is 1. The zero-order chi connectivity index (χ0) is 17.9. The van der Waals surface area contributed by atoms with Gasteiger partial charge in [-0.25, -0.2) is 9.78 Å². The van der Waals surface area contributed by atoms with Crippen LogP contribution in [-0.4, -0.2) is 39.7 Å². The van der Waals surface area contributed by atoms with E-state index < -0.39 is 5.97 Å². The van der Waals surface area contributed by atoms with E-state index in [-0.39, 0.29) is 17.2 Å². The predicted octanol–water partition coefficient (Wildman–Crippen LogP) is 2.57. The Labute approximate surface area is 142 Å². The average molecular weight is 331 g/mol. The lowest BCUT2D eigenvalue weighted by molar-refractivity contribution is -0.0198. The number of aromatic nitrogens is 2. The van der Waals surface area contributed by atoms with E-state index in [0.29, 0.717) is 17.6 Å². The molecule has 0 spiro atoms. The van der Waals surface area contributed by atoms with Gasteiger partial charge in [0, 0.05) is 18.4 Å². The second-order valence-electron chi connectivity index (χ2n) is 5.71. The van der Waals surface area contributed by atoms with Crippen molar-refractivity contribution in [3.8, 4) is 0 Å². The van der Waals surface area contributed by atoms with E-state index in [1.165, 1.54) is 0 Å². The van der Waals surface area contributed by atoms with Crippen molar-refractivity contribution >= 4 is 17.0 Å². The van der Waals surface area contributed by atoms with Crippen molar-refractivity contribution in [1.29, 1.82) is 0 Å². The Bertz CT molecular complexity index is 794. The van der Waals surface area contributed by atoms with Crippen LogP contribution in [0.25, 0.3) is 11.0 Å². The summed E-state index contributed by atoms with van der Waals surface area (Å²) in [7, 11) is 0. The van der Waals surface area contributed by atoms with Crippen molar-refractivity contribution < 1.29 is 9.53 Å². The van der Waals surface area contributed by atoms with E-state index in [4.69, 9.17) is 4.74 Å². The van der Waals surface area contributed by atoms with Crippen LogP contribution in [0.3, 0.4) is 0 Å². The van der Waals surface area contributed by atoms with Gasteiger partial charge in [0.05, 0.1) is 5.39 Å². The molecule has 0 saturated carbocycles. The molecule has 2 aromatic heterocycles. The van der Waals surface area contributed by atoms with Gasteiger partial charge in [-0.3, -0.25) is 9.69 Å². The lowest BCUT2D eigenvalue weighted by Gasteiger charge is -2.25. The minimum Gasteiger partial charge on any atom is -0.443 e. The van der Waals surface area contributed by atoms with Crippen LogP contribution >= 0.6 is 0 Å². The zero-order valence-electron chi connectivity index (χ0n) is 15.0. The summed E-state index contributed by atoms with van der Waals surface area (Å²) in [5.74, 6) is -0.593. The van der Waals surface area contributed by atoms with Crippen molar-refractivity contribution in [2.45, 2.75) is 47.4 Å². The van der Waals surface area contributed by atoms with Crippen LogP contribution in [0.4, 0.5) is 0 Å². The number of carbonyl (C=O) groups excluding carboxylic acids is 1. The summed E-state index contributed by atoms with van der Waals surface area (Å²) in [6.07, 6.45) is 1.17. The van der Waals surface area contributed by atoms with Gasteiger partial charge in [0.1, 0.15) is 11.2 Å². The number of ether oxygens (including phenoxy) is 1. The Morgan fingerprint density at radius 1 is 1.29 bits per heavy atom. The van der Waals surface area contributed by atoms with Crippen molar-refractivity contribution in [2.75, 3.05) is 13.1 Å². The van der Waals surface area contributed by atoms with Crippen LogP contribution in [0.1, 0.15) is 43.7 Å². The van der Waals surface area contributed by atoms with Gasteiger partial charge in [0.2, 0.25) is 5.43 Å². The SMILES string of the molecule is CCN(CC)C(C)OC(=O)c1cn(CC)c2nc(C)ccc2c1=O. The number of fused-ring (bicyclic) bond motifs is 1. The normalized spacial score (nSPS) is 12.6. The third kappa shape index (κ3) is 3.48. The molecule has 6 heteroatoms. The molecule has 0 aromatic carbocycles. The van der Waals surface area contributed by atoms with Crippen molar-refractivity contribution in [1.82, 2.24) is 14.5 Å². The van der Waals surface area contributed by atoms with E-state index in [1.807, 2.05) is 44.1 Å². The Morgan fingerprint density at radius 2 is 1.96 bits per heavy atom. The Kier molecular flexibility index (Phi) is 5.72. The van der Waals surface area contributed by atoms with Crippen molar-refractivity contribution in [2.24, 2.45) is 0 Å². The van der Waals surface area contributed by atoms with Gasteiger partial charge in [0.15, 0.2) is 6.23 Å². The van der Waals surface area contributed by atoms with Crippen LogP contribution in [-0.2, 0) is 11.3 Å². The summed E-state index contributed by atoms with van der Waals surface area (Å²) < 4.78 is 7.29. The third-order valence-corrected chi connectivity index (χ3v) is 4.23. The number of pyridine rings is 2. The predicted molar refractivity (Wildman–Crippen MR) is 94.2 cm³/mol. The summed E-state index contributed by atoms with van der Waals surface area (Å²) in [5, 5.41) is 0.437. The molecule has 0 aliphatic heterocycles. The maximum Gasteiger partial charge on any atom is 0.345 e. The Hall–Kier alpha value is -2.21. The first kappa shape index (κ1) is 18.1. The molecule has 130 valence electrons. The van der Waals surface area contributed by atoms with Gasteiger partial charge in [-0.1, -0.05) is 13.8 Å². The van der Waals surface area contributed by atoms with Crippen molar-refractivity contribution in [3.63, 3.8) is 0 Å². The third-order valence-electron chi connectivity index (χ3n) is 4.23. The maximum absolute atomic E-state index is 12.7. The summed E-state index contributed by atoms with van der Waals surface area (Å²) >= 11 is 0. The van der Waals surface area contributed by atoms with E-state index >= 15 is 0 Å². The number of rotatable bonds is 6. The lowest BCUT2D eigenvalue weighted by atomic mass is 10.2. The van der Waals surface area contributed by atoms with Gasteiger partial charge in [0.25, 0.3) is 0 Å². The minimum absolute atomic E-state index is 0.0500. The molecule has 0 radical (unpaired) electrons. The first-order valence-corrected chi connectivity index (χ1v) is 8.38. The van der Waals surface area contributed by atoms with Crippen molar-refractivity contribution in [3.05, 3.63) is 39.8 Å². The number of aryl methyl sites for hydroxylation is 2. The smallest absolute Gasteiger partial charge is 0.345 e. The molecule has 0 N–H and O–H groups in total. The zero-order valence-corrected chi connectivity index (χ0v) is 15.0. The molecule has 0 bridgehead atoms. The summed E-state index contributed by atoms with van der Waals surface area (Å²) in [6.45, 7) is 11.8. The molecule has 0 aliphatic carbocycles. The van der Waals surface area contributed by atoms with E-state index in [9.17, 15) is 9.59 Å². The highest BCUT2D eigenvalue weighted by Crippen LogP contribution is 2.12. The first-order valence-electron chi connectivity index (χ1n) is 8.38. The summed E-state index contributed by atoms with van der Waals surface area (Å²) in [5.41, 5.74) is 1.14. The second-order valence-corrected chi connectivity index (χ2v) is 5.71. The Morgan fingerprint density at radius 3 is 2.54 bits per heavy atom. The highest BCUT2D eigenvalue weighted by molar-refractivity contribution is 5.93. The standard InChI is InChI=1S/C18H25N3O3/c1-6-20(7-2)13(5)24-18(23)15-11-21(8-3)17-14(16(15)22)10-9-12(4)19-17/h9-11,13H,6-8H2,1-5H3. The molecule has 2 heterocycles. The largest absolute Gasteiger partial charge is 0.443 e. The fourth-order valence-electron chi connectivity index (χ4n) is 2.78. The van der Waals surface area contributed by atoms with Crippen LogP contribution in [0.15, 0.2) is 23.1 Å². The molecule has 1 unspecified atom stereocenters. The van der Waals surface area contributed by atoms with E-state index in [2.05, 4.69) is 4.98 Å². The molecule has 0 amide bonds. The molecule has 24 heavy (non-hydrogen) atoms. The highest BCUT2D eigenvalue weighted by atomic mass is 16.6. The fourth-order valence-corrected chi connectivity index (χ4v) is 2.78. The van der Waals surface area contributed by atoms with Crippen LogP contribution in [0, 0.1) is 6.92 Å². The maximum atomic E-state index is 12.7. The van der Waals surface area contributed by atoms with E-state index in [0.717, 1.165) is 18.8 Å². The van der Waals surface area contributed by atoms with Crippen LogP contribution in [0.5, 0.6) is 0 Å². The van der Waals surface area contributed by atoms with Crippen LogP contribution in [0.2, 0.25) is 0 Å². The number of hydrogen-bond donors (Lipinski definition) is 0. The monoisotopic (exact) mass is 331 g/mol. The summed E-state index contributed by atoms with van der Waals surface area (Å²) in [4.78, 5) is 31.6. The van der Waals surface area contributed by atoms with Crippen LogP contribution < -0.4 is 5.43 Å². The molecule has 1 atom stereocenters. The number of nitrogens with zero attached hydrogens (tertiary/aromatic N) is 3. The minimum atomic E-state index is -0.593. The summed E-state index contributed by atoms with van der Waals surface area (Å²) in [6, 6.07) is 3.49. The molecule has 0 fully saturated rings. The number of carbonyl (C=O) groups is 1. The van der Waals surface area contributed by atoms with Gasteiger partial charge in [-0.05, 0) is 46.0 Å². The highest BCUT2D eigenvalue weighted by Gasteiger charge is 2.21. The molecule has 0 aliphatic rings. The average Bonchev–Trinajstić information content (AvgIpc) is 2.56. The quantitative estimate of drug-likeness (QED) is 0.601. The van der Waals surface area contributed by atoms with Gasteiger partial charge < -0.3 is 9.30 Å². The van der Waals surface area contributed by atoms with Gasteiger partial charge >= 0.3 is 5.97 Å². The molecule has 2 rings (SSSR count). The second kappa shape index (κ2) is 7.57. The molecule has 0 saturated heterocycles. The molecular formula is C18H25N3O3.